The highest BCUT2D eigenvalue weighted by atomic mass is 16.6. The van der Waals surface area contributed by atoms with Crippen LogP contribution in [0, 0.1) is 5.92 Å². The number of carbonyl (C=O) groups excluding carboxylic acids is 5. The summed E-state index contributed by atoms with van der Waals surface area (Å²) >= 11 is 0. The average molecular weight is 481 g/mol. The molecule has 4 amide bonds. The molecule has 10 nitrogen and oxygen atoms in total. The van der Waals surface area contributed by atoms with Crippen LogP contribution < -0.4 is 16.0 Å². The van der Waals surface area contributed by atoms with Crippen molar-refractivity contribution >= 4 is 29.4 Å². The monoisotopic (exact) mass is 480 g/mol. The summed E-state index contributed by atoms with van der Waals surface area (Å²) in [7, 11) is 0. The van der Waals surface area contributed by atoms with E-state index in [-0.39, 0.29) is 30.1 Å². The molecule has 0 bridgehead atoms. The van der Waals surface area contributed by atoms with Gasteiger partial charge in [0, 0.05) is 13.5 Å². The Labute approximate surface area is 201 Å². The first kappa shape index (κ1) is 27.8. The molecule has 2 rings (SSSR count). The molecule has 0 unspecified atom stereocenters. The summed E-state index contributed by atoms with van der Waals surface area (Å²) in [6.07, 6.45) is 3.62. The Morgan fingerprint density at radius 2 is 1.79 bits per heavy atom. The summed E-state index contributed by atoms with van der Waals surface area (Å²) in [5.74, 6) is -1.42. The second-order valence-corrected chi connectivity index (χ2v) is 9.93. The predicted molar refractivity (Wildman–Crippen MR) is 126 cm³/mol. The molecule has 0 aromatic rings. The van der Waals surface area contributed by atoms with Crippen LogP contribution in [0.3, 0.4) is 0 Å². The molecule has 2 heterocycles. The molecule has 2 aliphatic rings. The van der Waals surface area contributed by atoms with Crippen LogP contribution in [-0.2, 0) is 28.7 Å². The number of amides is 4. The molecule has 0 radical (unpaired) electrons. The molecule has 0 aromatic carbocycles. The quantitative estimate of drug-likeness (QED) is 0.332. The average Bonchev–Trinajstić information content (AvgIpc) is 3.32. The zero-order valence-corrected chi connectivity index (χ0v) is 21.1. The van der Waals surface area contributed by atoms with E-state index in [2.05, 4.69) is 16.0 Å². The van der Waals surface area contributed by atoms with Crippen LogP contribution in [0.2, 0.25) is 0 Å². The first-order valence-corrected chi connectivity index (χ1v) is 12.3. The van der Waals surface area contributed by atoms with Crippen molar-refractivity contribution in [3.63, 3.8) is 0 Å². The van der Waals surface area contributed by atoms with E-state index in [0.717, 1.165) is 12.8 Å². The zero-order chi connectivity index (χ0) is 25.5. The Kier molecular flexibility index (Phi) is 10.0. The first-order chi connectivity index (χ1) is 16.0. The molecule has 2 fully saturated rings. The van der Waals surface area contributed by atoms with E-state index in [0.29, 0.717) is 38.8 Å². The van der Waals surface area contributed by atoms with Crippen molar-refractivity contribution in [1.29, 1.82) is 0 Å². The van der Waals surface area contributed by atoms with E-state index < -0.39 is 35.5 Å². The number of nitrogens with one attached hydrogen (secondary N) is 3. The van der Waals surface area contributed by atoms with Gasteiger partial charge in [0.05, 0.1) is 19.2 Å². The van der Waals surface area contributed by atoms with E-state index in [1.165, 1.54) is 11.8 Å². The molecule has 192 valence electrons. The summed E-state index contributed by atoms with van der Waals surface area (Å²) in [6.45, 7) is 9.59. The standard InChI is InChI=1S/C24H40N4O6/c1-6-7-9-17(22(32)27-18(12-15(2)3)21(31)24(5)14-34-24)26-23(33)19-10-8-11-28(19)20(30)13-25-16(4)29/h15,17-19H,6-14H2,1-5H3,(H,25,29)(H,26,33)(H,27,32)/t17-,18-,19-,24+/m0/s1. The molecular weight excluding hydrogens is 440 g/mol. The van der Waals surface area contributed by atoms with Crippen molar-refractivity contribution in [3.8, 4) is 0 Å². The van der Waals surface area contributed by atoms with Gasteiger partial charge in [-0.05, 0) is 38.5 Å². The van der Waals surface area contributed by atoms with E-state index in [4.69, 9.17) is 4.74 Å². The van der Waals surface area contributed by atoms with Crippen molar-refractivity contribution in [2.24, 2.45) is 5.92 Å². The summed E-state index contributed by atoms with van der Waals surface area (Å²) in [4.78, 5) is 64.2. The minimum atomic E-state index is -0.854. The van der Waals surface area contributed by atoms with Crippen LogP contribution in [0.15, 0.2) is 0 Å². The Balaban J connectivity index is 2.07. The number of carbonyl (C=O) groups is 5. The third-order valence-corrected chi connectivity index (χ3v) is 6.28. The van der Waals surface area contributed by atoms with Gasteiger partial charge in [-0.2, -0.15) is 0 Å². The number of epoxide rings is 1. The second kappa shape index (κ2) is 12.3. The van der Waals surface area contributed by atoms with E-state index in [9.17, 15) is 24.0 Å². The van der Waals surface area contributed by atoms with Crippen LogP contribution in [0.1, 0.15) is 73.1 Å². The van der Waals surface area contributed by atoms with E-state index in [1.54, 1.807) is 6.92 Å². The van der Waals surface area contributed by atoms with Gasteiger partial charge < -0.3 is 25.6 Å². The third kappa shape index (κ3) is 7.78. The maximum Gasteiger partial charge on any atom is 0.243 e. The highest BCUT2D eigenvalue weighted by molar-refractivity contribution is 5.98. The molecule has 0 spiro atoms. The Hall–Kier alpha value is -2.49. The van der Waals surface area contributed by atoms with Gasteiger partial charge in [0.15, 0.2) is 5.78 Å². The number of likely N-dealkylation sites (tertiary alicyclic amines) is 1. The lowest BCUT2D eigenvalue weighted by molar-refractivity contribution is -0.140. The zero-order valence-electron chi connectivity index (χ0n) is 21.1. The summed E-state index contributed by atoms with van der Waals surface area (Å²) < 4.78 is 5.29. The number of unbranched alkanes of at least 4 members (excludes halogenated alkanes) is 1. The number of hydrogen-bond acceptors (Lipinski definition) is 6. The predicted octanol–water partition coefficient (Wildman–Crippen LogP) is 0.677. The lowest BCUT2D eigenvalue weighted by Gasteiger charge is -2.28. The van der Waals surface area contributed by atoms with Crippen LogP contribution >= 0.6 is 0 Å². The number of rotatable bonds is 13. The highest BCUT2D eigenvalue weighted by Gasteiger charge is 2.50. The molecule has 0 saturated carbocycles. The van der Waals surface area contributed by atoms with Gasteiger partial charge in [0.1, 0.15) is 17.7 Å². The van der Waals surface area contributed by atoms with E-state index >= 15 is 0 Å². The molecule has 34 heavy (non-hydrogen) atoms. The van der Waals surface area contributed by atoms with Crippen LogP contribution in [-0.4, -0.2) is 77.7 Å². The lowest BCUT2D eigenvalue weighted by Crippen LogP contribution is -2.56. The van der Waals surface area contributed by atoms with Gasteiger partial charge in [0.2, 0.25) is 23.6 Å². The fourth-order valence-corrected chi connectivity index (χ4v) is 4.18. The van der Waals surface area contributed by atoms with Crippen LogP contribution in [0.25, 0.3) is 0 Å². The summed E-state index contributed by atoms with van der Waals surface area (Å²) in [6, 6.07) is -2.19. The lowest BCUT2D eigenvalue weighted by atomic mass is 9.93. The number of hydrogen-bond donors (Lipinski definition) is 3. The molecule has 4 atom stereocenters. The summed E-state index contributed by atoms with van der Waals surface area (Å²) in [5, 5.41) is 8.14. The van der Waals surface area contributed by atoms with Crippen molar-refractivity contribution in [1.82, 2.24) is 20.9 Å². The Morgan fingerprint density at radius 3 is 2.35 bits per heavy atom. The molecule has 2 saturated heterocycles. The maximum absolute atomic E-state index is 13.2. The Morgan fingerprint density at radius 1 is 1.12 bits per heavy atom. The molecular formula is C24H40N4O6. The summed E-state index contributed by atoms with van der Waals surface area (Å²) in [5.41, 5.74) is -0.854. The maximum atomic E-state index is 13.2. The minimum Gasteiger partial charge on any atom is -0.361 e. The van der Waals surface area contributed by atoms with Gasteiger partial charge >= 0.3 is 0 Å². The Bertz CT molecular complexity index is 779. The minimum absolute atomic E-state index is 0.152. The smallest absolute Gasteiger partial charge is 0.243 e. The molecule has 10 heteroatoms. The molecule has 0 aliphatic carbocycles. The molecule has 3 N–H and O–H groups in total. The fourth-order valence-electron chi connectivity index (χ4n) is 4.18. The number of ketones is 1. The normalized spacial score (nSPS) is 23.2. The van der Waals surface area contributed by atoms with Gasteiger partial charge in [-0.15, -0.1) is 0 Å². The van der Waals surface area contributed by atoms with E-state index in [1.807, 2.05) is 20.8 Å². The van der Waals surface area contributed by atoms with Crippen LogP contribution in [0.4, 0.5) is 0 Å². The van der Waals surface area contributed by atoms with Gasteiger partial charge in [-0.25, -0.2) is 0 Å². The SMILES string of the molecule is CCCC[C@H](NC(=O)[C@@H]1CCCN1C(=O)CNC(C)=O)C(=O)N[C@@H](CC(C)C)C(=O)[C@@]1(C)CO1. The number of ether oxygens (including phenoxy) is 1. The van der Waals surface area contributed by atoms with Crippen molar-refractivity contribution in [3.05, 3.63) is 0 Å². The van der Waals surface area contributed by atoms with Gasteiger partial charge in [0.25, 0.3) is 0 Å². The topological polar surface area (TPSA) is 137 Å². The largest absolute Gasteiger partial charge is 0.361 e. The van der Waals surface area contributed by atoms with Crippen molar-refractivity contribution in [2.75, 3.05) is 19.7 Å². The van der Waals surface area contributed by atoms with Gasteiger partial charge in [-0.3, -0.25) is 24.0 Å². The molecule has 0 aromatic heterocycles. The van der Waals surface area contributed by atoms with Crippen molar-refractivity contribution in [2.45, 2.75) is 96.9 Å². The number of nitrogens with zero attached hydrogens (tertiary/aromatic N) is 1. The molecule has 2 aliphatic heterocycles. The van der Waals surface area contributed by atoms with Crippen molar-refractivity contribution < 1.29 is 28.7 Å². The number of Topliss-reactive ketones (excluding diaryl/α,β-unsaturated/α-hetero) is 1. The fraction of sp³-hybridized carbons (Fsp3) is 0.792. The van der Waals surface area contributed by atoms with Gasteiger partial charge in [-0.1, -0.05) is 33.6 Å². The first-order valence-electron chi connectivity index (χ1n) is 12.3. The second-order valence-electron chi connectivity index (χ2n) is 9.93. The highest BCUT2D eigenvalue weighted by Crippen LogP contribution is 2.29. The van der Waals surface area contributed by atoms with Crippen LogP contribution in [0.5, 0.6) is 0 Å². The third-order valence-electron chi connectivity index (χ3n) is 6.28.